The maximum atomic E-state index is 13.2. The number of esters is 1. The fraction of sp³-hybridized carbons (Fsp3) is 0.698. The summed E-state index contributed by atoms with van der Waals surface area (Å²) in [6, 6.07) is -0.724. The molecule has 0 spiro atoms. The Balaban J connectivity index is 4.69. The highest BCUT2D eigenvalue weighted by Crippen LogP contribution is 2.16. The third-order valence-corrected chi connectivity index (χ3v) is 10.5. The van der Waals surface area contributed by atoms with Crippen LogP contribution in [-0.4, -0.2) is 46.9 Å². The van der Waals surface area contributed by atoms with Crippen molar-refractivity contribution in [3.05, 3.63) is 85.1 Å². The van der Waals surface area contributed by atoms with Crippen LogP contribution in [0.5, 0.6) is 0 Å². The molecule has 0 aliphatic heterocycles. The van der Waals surface area contributed by atoms with Crippen molar-refractivity contribution < 1.29 is 24.5 Å². The summed E-state index contributed by atoms with van der Waals surface area (Å²) >= 11 is 0. The van der Waals surface area contributed by atoms with Crippen molar-refractivity contribution in [1.82, 2.24) is 5.32 Å². The molecular weight excluding hydrogens is 731 g/mol. The Labute approximate surface area is 363 Å². The van der Waals surface area contributed by atoms with Gasteiger partial charge in [0.15, 0.2) is 0 Å². The first-order chi connectivity index (χ1) is 29.0. The summed E-state index contributed by atoms with van der Waals surface area (Å²) in [5, 5.41) is 23.7. The van der Waals surface area contributed by atoms with Crippen molar-refractivity contribution in [1.29, 1.82) is 0 Å². The van der Waals surface area contributed by atoms with Gasteiger partial charge in [0.25, 0.3) is 0 Å². The van der Waals surface area contributed by atoms with E-state index in [0.717, 1.165) is 109 Å². The molecule has 0 heterocycles. The van der Waals surface area contributed by atoms with Gasteiger partial charge in [0.05, 0.1) is 25.2 Å². The third-order valence-electron chi connectivity index (χ3n) is 10.5. The number of allylic oxidation sites excluding steroid dienone is 14. The Morgan fingerprint density at radius 3 is 1.39 bits per heavy atom. The van der Waals surface area contributed by atoms with Crippen LogP contribution >= 0.6 is 0 Å². The smallest absolute Gasteiger partial charge is 0.306 e. The molecule has 0 aliphatic rings. The molecule has 338 valence electrons. The Bertz CT molecular complexity index is 1150. The molecule has 0 aromatic heterocycles. The molecule has 6 heteroatoms. The molecule has 59 heavy (non-hydrogen) atoms. The first-order valence-electron chi connectivity index (χ1n) is 24.3. The van der Waals surface area contributed by atoms with Crippen LogP contribution in [0, 0.1) is 0 Å². The van der Waals surface area contributed by atoms with Crippen LogP contribution < -0.4 is 5.32 Å². The highest BCUT2D eigenvalue weighted by Gasteiger charge is 2.24. The molecule has 0 rings (SSSR count). The van der Waals surface area contributed by atoms with Gasteiger partial charge in [-0.1, -0.05) is 189 Å². The van der Waals surface area contributed by atoms with Gasteiger partial charge in [0.2, 0.25) is 5.91 Å². The summed E-state index contributed by atoms with van der Waals surface area (Å²) in [7, 11) is 0. The van der Waals surface area contributed by atoms with Crippen LogP contribution in [0.15, 0.2) is 85.1 Å². The molecule has 0 bridgehead atoms. The van der Waals surface area contributed by atoms with Crippen molar-refractivity contribution in [3.63, 3.8) is 0 Å². The van der Waals surface area contributed by atoms with Gasteiger partial charge < -0.3 is 20.3 Å². The Hall–Kier alpha value is -2.96. The number of hydrogen-bond acceptors (Lipinski definition) is 5. The third kappa shape index (κ3) is 41.6. The molecule has 0 aromatic carbocycles. The van der Waals surface area contributed by atoms with E-state index in [1.807, 2.05) is 0 Å². The standard InChI is InChI=1S/C53H91NO5/c1-4-7-10-13-16-19-22-25-26-27-28-31-34-37-40-43-46-53(58)59-49(44-41-38-35-32-29-23-20-17-14-11-8-5-2)47-52(57)54-50(48-55)51(56)45-42-39-36-33-30-24-21-18-15-12-9-6-3/h7-8,10-11,16-17,19-20,25-26,28-29,31-32,49-51,55-56H,4-6,9,12-15,18,21-24,27,30,33-48H2,1-3H3,(H,54,57)/b10-7+,11-8+,19-16+,20-17+,26-25+,31-28+,32-29+. The minimum atomic E-state index is -0.806. The first kappa shape index (κ1) is 56.0. The lowest BCUT2D eigenvalue weighted by atomic mass is 10.0. The van der Waals surface area contributed by atoms with Gasteiger partial charge in [0, 0.05) is 6.42 Å². The number of hydrogen-bond donors (Lipinski definition) is 3. The van der Waals surface area contributed by atoms with E-state index in [1.54, 1.807) is 0 Å². The number of unbranched alkanes of at least 4 members (excludes halogenated alkanes) is 16. The van der Waals surface area contributed by atoms with Crippen molar-refractivity contribution >= 4 is 11.9 Å². The van der Waals surface area contributed by atoms with Crippen LogP contribution in [0.4, 0.5) is 0 Å². The van der Waals surface area contributed by atoms with Gasteiger partial charge in [-0.3, -0.25) is 9.59 Å². The summed E-state index contributed by atoms with van der Waals surface area (Å²) in [5.41, 5.74) is 0. The van der Waals surface area contributed by atoms with Gasteiger partial charge >= 0.3 is 5.97 Å². The SMILES string of the molecule is CC/C=C/C/C=C/C/C=C/C/C=C/CCCCCC(=O)OC(CCCC/C=C/C/C=C/C/C=C/CC)CC(=O)NC(CO)C(O)CCCCCCCCCCCCCC. The maximum absolute atomic E-state index is 13.2. The van der Waals surface area contributed by atoms with E-state index in [-0.39, 0.29) is 24.9 Å². The van der Waals surface area contributed by atoms with Crippen molar-refractivity contribution in [2.24, 2.45) is 0 Å². The highest BCUT2D eigenvalue weighted by molar-refractivity contribution is 5.77. The zero-order valence-electron chi connectivity index (χ0n) is 38.4. The van der Waals surface area contributed by atoms with Crippen molar-refractivity contribution in [3.8, 4) is 0 Å². The summed E-state index contributed by atoms with van der Waals surface area (Å²) in [4.78, 5) is 26.1. The summed E-state index contributed by atoms with van der Waals surface area (Å²) < 4.78 is 5.88. The Morgan fingerprint density at radius 2 is 0.915 bits per heavy atom. The highest BCUT2D eigenvalue weighted by atomic mass is 16.5. The number of amides is 1. The number of carbonyl (C=O) groups excluding carboxylic acids is 2. The van der Waals surface area contributed by atoms with E-state index in [2.05, 4.69) is 111 Å². The zero-order valence-corrected chi connectivity index (χ0v) is 38.4. The number of nitrogens with one attached hydrogen (secondary N) is 1. The van der Waals surface area contributed by atoms with E-state index in [0.29, 0.717) is 19.3 Å². The quantitative estimate of drug-likeness (QED) is 0.0324. The molecule has 0 aliphatic carbocycles. The number of carbonyl (C=O) groups is 2. The van der Waals surface area contributed by atoms with Crippen molar-refractivity contribution in [2.75, 3.05) is 6.61 Å². The van der Waals surface area contributed by atoms with Crippen LogP contribution in [0.2, 0.25) is 0 Å². The number of aliphatic hydroxyl groups is 2. The molecule has 0 radical (unpaired) electrons. The van der Waals surface area contributed by atoms with E-state index >= 15 is 0 Å². The summed E-state index contributed by atoms with van der Waals surface area (Å²) in [6.07, 6.45) is 59.3. The van der Waals surface area contributed by atoms with Gasteiger partial charge in [0.1, 0.15) is 6.10 Å². The predicted molar refractivity (Wildman–Crippen MR) is 254 cm³/mol. The van der Waals surface area contributed by atoms with E-state index in [9.17, 15) is 19.8 Å². The normalized spacial score (nSPS) is 14.1. The van der Waals surface area contributed by atoms with Crippen LogP contribution in [0.25, 0.3) is 0 Å². The fourth-order valence-corrected chi connectivity index (χ4v) is 6.85. The molecule has 0 fully saturated rings. The Morgan fingerprint density at radius 1 is 0.508 bits per heavy atom. The Kier molecular flexibility index (Phi) is 43.8. The first-order valence-corrected chi connectivity index (χ1v) is 24.3. The molecular formula is C53H91NO5. The van der Waals surface area contributed by atoms with Crippen molar-refractivity contribution in [2.45, 2.75) is 232 Å². The monoisotopic (exact) mass is 822 g/mol. The average Bonchev–Trinajstić information content (AvgIpc) is 3.23. The number of aliphatic hydroxyl groups excluding tert-OH is 2. The molecule has 3 atom stereocenters. The lowest BCUT2D eigenvalue weighted by molar-refractivity contribution is -0.151. The molecule has 3 N–H and O–H groups in total. The summed E-state index contributed by atoms with van der Waals surface area (Å²) in [5.74, 6) is -0.556. The lowest BCUT2D eigenvalue weighted by Crippen LogP contribution is -2.46. The maximum Gasteiger partial charge on any atom is 0.306 e. The number of ether oxygens (including phenoxy) is 1. The average molecular weight is 822 g/mol. The topological polar surface area (TPSA) is 95.9 Å². The van der Waals surface area contributed by atoms with Crippen LogP contribution in [-0.2, 0) is 14.3 Å². The van der Waals surface area contributed by atoms with Gasteiger partial charge in [-0.25, -0.2) is 0 Å². The summed E-state index contributed by atoms with van der Waals surface area (Å²) in [6.45, 7) is 6.22. The van der Waals surface area contributed by atoms with Gasteiger partial charge in [-0.2, -0.15) is 0 Å². The predicted octanol–water partition coefficient (Wildman–Crippen LogP) is 14.4. The van der Waals surface area contributed by atoms with Crippen LogP contribution in [0.3, 0.4) is 0 Å². The number of rotatable bonds is 42. The minimum Gasteiger partial charge on any atom is -0.462 e. The zero-order chi connectivity index (χ0) is 43.1. The molecule has 3 unspecified atom stereocenters. The fourth-order valence-electron chi connectivity index (χ4n) is 6.85. The van der Waals surface area contributed by atoms with Gasteiger partial charge in [-0.05, 0) is 96.3 Å². The molecule has 0 saturated carbocycles. The second-order valence-electron chi connectivity index (χ2n) is 16.1. The second kappa shape index (κ2) is 46.1. The second-order valence-corrected chi connectivity index (χ2v) is 16.1. The molecule has 6 nitrogen and oxygen atoms in total. The van der Waals surface area contributed by atoms with E-state index < -0.39 is 18.2 Å². The molecule has 1 amide bonds. The molecule has 0 saturated heterocycles. The van der Waals surface area contributed by atoms with E-state index in [1.165, 1.54) is 57.8 Å². The minimum absolute atomic E-state index is 0.0342. The van der Waals surface area contributed by atoms with E-state index in [4.69, 9.17) is 4.74 Å². The van der Waals surface area contributed by atoms with Crippen LogP contribution in [0.1, 0.15) is 213 Å². The molecule has 0 aromatic rings. The van der Waals surface area contributed by atoms with Gasteiger partial charge in [-0.15, -0.1) is 0 Å². The largest absolute Gasteiger partial charge is 0.462 e. The lowest BCUT2D eigenvalue weighted by Gasteiger charge is -2.24.